The molecule has 0 aliphatic carbocycles. The van der Waals surface area contributed by atoms with Gasteiger partial charge in [0.05, 0.1) is 5.52 Å². The number of fused-ring (bicyclic) bond motifs is 1. The molecule has 1 aromatic carbocycles. The van der Waals surface area contributed by atoms with Crippen LogP contribution < -0.4 is 11.1 Å². The third-order valence-corrected chi connectivity index (χ3v) is 3.86. The van der Waals surface area contributed by atoms with Crippen LogP contribution in [-0.4, -0.2) is 41.5 Å². The van der Waals surface area contributed by atoms with Crippen LogP contribution in [0.25, 0.3) is 10.9 Å². The van der Waals surface area contributed by atoms with Crippen molar-refractivity contribution in [2.24, 2.45) is 5.73 Å². The number of amides is 1. The van der Waals surface area contributed by atoms with Gasteiger partial charge in [-0.25, -0.2) is 4.39 Å². The Kier molecular flexibility index (Phi) is 3.81. The van der Waals surface area contributed by atoms with Crippen LogP contribution in [0.5, 0.6) is 0 Å². The summed E-state index contributed by atoms with van der Waals surface area (Å²) in [6.45, 7) is 2.60. The summed E-state index contributed by atoms with van der Waals surface area (Å²) in [6.07, 6.45) is 1.65. The third kappa shape index (κ3) is 2.72. The number of pyridine rings is 1. The third-order valence-electron chi connectivity index (χ3n) is 3.86. The van der Waals surface area contributed by atoms with Gasteiger partial charge in [-0.05, 0) is 23.8 Å². The van der Waals surface area contributed by atoms with Gasteiger partial charge < -0.3 is 11.1 Å². The first-order valence-electron chi connectivity index (χ1n) is 6.93. The first-order valence-corrected chi connectivity index (χ1v) is 6.93. The maximum absolute atomic E-state index is 13.8. The van der Waals surface area contributed by atoms with Crippen molar-refractivity contribution in [2.45, 2.75) is 12.6 Å². The Morgan fingerprint density at radius 3 is 3.14 bits per heavy atom. The van der Waals surface area contributed by atoms with Crippen molar-refractivity contribution in [1.82, 2.24) is 15.2 Å². The number of carbonyl (C=O) groups is 1. The number of halogens is 1. The van der Waals surface area contributed by atoms with Crippen LogP contribution in [0.1, 0.15) is 5.56 Å². The van der Waals surface area contributed by atoms with Gasteiger partial charge in [-0.2, -0.15) is 0 Å². The fourth-order valence-electron chi connectivity index (χ4n) is 2.76. The summed E-state index contributed by atoms with van der Waals surface area (Å²) < 4.78 is 13.8. The number of nitrogens with one attached hydrogen (secondary N) is 1. The van der Waals surface area contributed by atoms with Crippen molar-refractivity contribution in [2.75, 3.05) is 19.6 Å². The maximum Gasteiger partial charge on any atom is 0.236 e. The minimum absolute atomic E-state index is 0.284. The highest BCUT2D eigenvalue weighted by Gasteiger charge is 2.27. The number of aromatic nitrogens is 1. The molecule has 21 heavy (non-hydrogen) atoms. The van der Waals surface area contributed by atoms with Crippen LogP contribution in [0.2, 0.25) is 0 Å². The highest BCUT2D eigenvalue weighted by atomic mass is 19.1. The zero-order valence-corrected chi connectivity index (χ0v) is 11.6. The molecule has 0 radical (unpaired) electrons. The maximum atomic E-state index is 13.8. The highest BCUT2D eigenvalue weighted by Crippen LogP contribution is 2.22. The summed E-state index contributed by atoms with van der Waals surface area (Å²) in [6, 6.07) is 6.25. The number of piperazine rings is 1. The number of hydrogen-bond donors (Lipinski definition) is 2. The normalized spacial score (nSPS) is 19.8. The van der Waals surface area contributed by atoms with Gasteiger partial charge in [-0.15, -0.1) is 0 Å². The van der Waals surface area contributed by atoms with Crippen molar-refractivity contribution in [3.05, 3.63) is 41.8 Å². The quantitative estimate of drug-likeness (QED) is 0.869. The van der Waals surface area contributed by atoms with E-state index in [9.17, 15) is 9.18 Å². The summed E-state index contributed by atoms with van der Waals surface area (Å²) in [4.78, 5) is 17.8. The lowest BCUT2D eigenvalue weighted by Crippen LogP contribution is -2.56. The van der Waals surface area contributed by atoms with E-state index in [1.165, 1.54) is 6.07 Å². The number of rotatable bonds is 3. The molecule has 0 bridgehead atoms. The smallest absolute Gasteiger partial charge is 0.236 e. The zero-order chi connectivity index (χ0) is 14.8. The summed E-state index contributed by atoms with van der Waals surface area (Å²) >= 11 is 0. The monoisotopic (exact) mass is 288 g/mol. The van der Waals surface area contributed by atoms with Crippen LogP contribution in [0, 0.1) is 5.82 Å². The Balaban J connectivity index is 1.94. The second kappa shape index (κ2) is 5.75. The van der Waals surface area contributed by atoms with Crippen molar-refractivity contribution in [3.8, 4) is 0 Å². The largest absolute Gasteiger partial charge is 0.368 e. The standard InChI is InChI=1S/C15H17FN4O/c16-12-4-3-10(14-11(12)2-1-5-19-14)9-20-7-6-18-8-13(20)15(17)21/h1-5,13,18H,6-9H2,(H2,17,21). The highest BCUT2D eigenvalue weighted by molar-refractivity contribution is 5.83. The van der Waals surface area contributed by atoms with Gasteiger partial charge in [0.1, 0.15) is 11.9 Å². The van der Waals surface area contributed by atoms with E-state index < -0.39 is 0 Å². The lowest BCUT2D eigenvalue weighted by Gasteiger charge is -2.34. The van der Waals surface area contributed by atoms with Gasteiger partial charge in [-0.1, -0.05) is 6.07 Å². The van der Waals surface area contributed by atoms with E-state index in [2.05, 4.69) is 10.3 Å². The van der Waals surface area contributed by atoms with Crippen LogP contribution in [0.15, 0.2) is 30.5 Å². The Morgan fingerprint density at radius 1 is 1.48 bits per heavy atom. The van der Waals surface area contributed by atoms with Gasteiger partial charge >= 0.3 is 0 Å². The number of benzene rings is 1. The molecule has 1 atom stereocenters. The lowest BCUT2D eigenvalue weighted by molar-refractivity contribution is -0.124. The molecule has 1 amide bonds. The molecule has 1 aliphatic rings. The minimum atomic E-state index is -0.346. The molecule has 2 heterocycles. The molecule has 3 rings (SSSR count). The molecule has 1 aliphatic heterocycles. The van der Waals surface area contributed by atoms with E-state index in [4.69, 9.17) is 5.73 Å². The molecule has 3 N–H and O–H groups in total. The molecule has 1 saturated heterocycles. The number of carbonyl (C=O) groups excluding carboxylic acids is 1. The van der Waals surface area contributed by atoms with Crippen LogP contribution >= 0.6 is 0 Å². The zero-order valence-electron chi connectivity index (χ0n) is 11.6. The number of nitrogens with zero attached hydrogens (tertiary/aromatic N) is 2. The van der Waals surface area contributed by atoms with Gasteiger partial charge in [0.25, 0.3) is 0 Å². The molecule has 6 heteroatoms. The van der Waals surface area contributed by atoms with Crippen LogP contribution in [-0.2, 0) is 11.3 Å². The molecule has 5 nitrogen and oxygen atoms in total. The van der Waals surface area contributed by atoms with E-state index in [0.29, 0.717) is 24.0 Å². The fraction of sp³-hybridized carbons (Fsp3) is 0.333. The molecular formula is C15H17FN4O. The second-order valence-electron chi connectivity index (χ2n) is 5.20. The summed E-state index contributed by atoms with van der Waals surface area (Å²) in [5.41, 5.74) is 6.99. The minimum Gasteiger partial charge on any atom is -0.368 e. The van der Waals surface area contributed by atoms with E-state index in [1.807, 2.05) is 4.90 Å². The molecular weight excluding hydrogens is 271 g/mol. The first-order chi connectivity index (χ1) is 10.2. The first kappa shape index (κ1) is 13.9. The Labute approximate surface area is 121 Å². The Hall–Kier alpha value is -2.05. The van der Waals surface area contributed by atoms with Gasteiger partial charge in [0, 0.05) is 37.8 Å². The number of primary amides is 1. The predicted octanol–water partition coefficient (Wildman–Crippen LogP) is 0.633. The predicted molar refractivity (Wildman–Crippen MR) is 78.0 cm³/mol. The summed E-state index contributed by atoms with van der Waals surface area (Å²) in [7, 11) is 0. The van der Waals surface area contributed by atoms with Crippen molar-refractivity contribution in [3.63, 3.8) is 0 Å². The average molecular weight is 288 g/mol. The average Bonchev–Trinajstić information content (AvgIpc) is 2.51. The molecule has 2 aromatic rings. The summed E-state index contributed by atoms with van der Waals surface area (Å²) in [5, 5.41) is 3.66. The van der Waals surface area contributed by atoms with Crippen molar-refractivity contribution in [1.29, 1.82) is 0 Å². The van der Waals surface area contributed by atoms with E-state index in [1.54, 1.807) is 24.4 Å². The SMILES string of the molecule is NC(=O)C1CNCCN1Cc1ccc(F)c2cccnc12. The van der Waals surface area contributed by atoms with Gasteiger partial charge in [0.2, 0.25) is 5.91 Å². The molecule has 1 aromatic heterocycles. The fourth-order valence-corrected chi connectivity index (χ4v) is 2.76. The number of hydrogen-bond acceptors (Lipinski definition) is 4. The molecule has 0 saturated carbocycles. The van der Waals surface area contributed by atoms with E-state index in [-0.39, 0.29) is 17.8 Å². The molecule has 1 unspecified atom stereocenters. The Morgan fingerprint density at radius 2 is 2.33 bits per heavy atom. The van der Waals surface area contributed by atoms with Gasteiger partial charge in [-0.3, -0.25) is 14.7 Å². The number of nitrogens with two attached hydrogens (primary N) is 1. The van der Waals surface area contributed by atoms with Gasteiger partial charge in [0.15, 0.2) is 0 Å². The molecule has 110 valence electrons. The lowest BCUT2D eigenvalue weighted by atomic mass is 10.1. The van der Waals surface area contributed by atoms with Crippen LogP contribution in [0.4, 0.5) is 4.39 Å². The topological polar surface area (TPSA) is 71.2 Å². The second-order valence-corrected chi connectivity index (χ2v) is 5.20. The Bertz CT molecular complexity index is 676. The van der Waals surface area contributed by atoms with E-state index in [0.717, 1.165) is 18.7 Å². The summed E-state index contributed by atoms with van der Waals surface area (Å²) in [5.74, 6) is -0.629. The van der Waals surface area contributed by atoms with Crippen LogP contribution in [0.3, 0.4) is 0 Å². The van der Waals surface area contributed by atoms with Crippen molar-refractivity contribution < 1.29 is 9.18 Å². The van der Waals surface area contributed by atoms with Crippen molar-refractivity contribution >= 4 is 16.8 Å². The molecule has 0 spiro atoms. The van der Waals surface area contributed by atoms with E-state index >= 15 is 0 Å². The molecule has 1 fully saturated rings.